The van der Waals surface area contributed by atoms with Crippen LogP contribution in [0.5, 0.6) is 0 Å². The van der Waals surface area contributed by atoms with E-state index >= 15 is 0 Å². The first-order valence-corrected chi connectivity index (χ1v) is 10.2. The number of fused-ring (bicyclic) bond motifs is 1. The second-order valence-corrected chi connectivity index (χ2v) is 7.39. The smallest absolute Gasteiger partial charge is 0.249 e. The molecule has 4 aromatic rings. The average Bonchev–Trinajstić information content (AvgIpc) is 3.24. The molecule has 4 rings (SSSR count). The van der Waals surface area contributed by atoms with E-state index in [2.05, 4.69) is 15.3 Å². The van der Waals surface area contributed by atoms with Gasteiger partial charge in [-0.1, -0.05) is 42.8 Å². The van der Waals surface area contributed by atoms with Gasteiger partial charge in [-0.25, -0.2) is 0 Å². The predicted octanol–water partition coefficient (Wildman–Crippen LogP) is 3.54. The topological polar surface area (TPSA) is 94.1 Å². The van der Waals surface area contributed by atoms with Crippen molar-refractivity contribution in [3.8, 4) is 11.5 Å². The van der Waals surface area contributed by atoms with Gasteiger partial charge in [0, 0.05) is 11.9 Å². The van der Waals surface area contributed by atoms with E-state index in [0.717, 1.165) is 6.42 Å². The zero-order valence-corrected chi connectivity index (χ0v) is 17.6. The number of hydrogen-bond donors (Lipinski definition) is 0. The Morgan fingerprint density at radius 2 is 1.90 bits per heavy atom. The van der Waals surface area contributed by atoms with Crippen LogP contribution in [-0.2, 0) is 17.9 Å². The van der Waals surface area contributed by atoms with Crippen LogP contribution in [0.2, 0.25) is 5.02 Å². The minimum absolute atomic E-state index is 0.00764. The second-order valence-electron chi connectivity index (χ2n) is 6.98. The summed E-state index contributed by atoms with van der Waals surface area (Å²) in [5.41, 5.74) is 1.07. The molecule has 0 unspecified atom stereocenters. The standard InChI is InChI=1S/C22H20ClN5O3/c1-2-11-27(13-20-25-26-22(31-20)15-7-3-5-9-17(15)23)21(30)14-28-18-10-6-4-8-16(18)19(29)12-24-28/h3-10,12H,2,11,13-14H2,1H3. The average molecular weight is 438 g/mol. The Kier molecular flexibility index (Phi) is 6.08. The maximum atomic E-state index is 13.0. The highest BCUT2D eigenvalue weighted by Crippen LogP contribution is 2.26. The van der Waals surface area contributed by atoms with Crippen molar-refractivity contribution in [1.29, 1.82) is 0 Å². The van der Waals surface area contributed by atoms with Gasteiger partial charge in [0.1, 0.15) is 6.54 Å². The molecule has 158 valence electrons. The van der Waals surface area contributed by atoms with Crippen molar-refractivity contribution in [2.45, 2.75) is 26.4 Å². The molecule has 0 fully saturated rings. The molecule has 2 heterocycles. The molecule has 31 heavy (non-hydrogen) atoms. The van der Waals surface area contributed by atoms with E-state index in [1.807, 2.05) is 25.1 Å². The van der Waals surface area contributed by atoms with E-state index in [-0.39, 0.29) is 24.4 Å². The molecule has 0 atom stereocenters. The van der Waals surface area contributed by atoms with Crippen molar-refractivity contribution in [3.05, 3.63) is 75.9 Å². The van der Waals surface area contributed by atoms with Crippen LogP contribution in [0.3, 0.4) is 0 Å². The maximum absolute atomic E-state index is 13.0. The van der Waals surface area contributed by atoms with Crippen molar-refractivity contribution in [3.63, 3.8) is 0 Å². The molecule has 0 spiro atoms. The fourth-order valence-corrected chi connectivity index (χ4v) is 3.52. The predicted molar refractivity (Wildman–Crippen MR) is 116 cm³/mol. The van der Waals surface area contributed by atoms with Gasteiger partial charge < -0.3 is 9.32 Å². The first kappa shape index (κ1) is 20.7. The Morgan fingerprint density at radius 1 is 1.13 bits per heavy atom. The van der Waals surface area contributed by atoms with Crippen LogP contribution in [0, 0.1) is 0 Å². The number of halogens is 1. The minimum atomic E-state index is -0.178. The first-order valence-electron chi connectivity index (χ1n) is 9.86. The van der Waals surface area contributed by atoms with Crippen LogP contribution in [0.4, 0.5) is 0 Å². The molecular formula is C22H20ClN5O3. The number of hydrogen-bond acceptors (Lipinski definition) is 6. The molecule has 0 N–H and O–H groups in total. The molecule has 0 aliphatic heterocycles. The summed E-state index contributed by atoms with van der Waals surface area (Å²) >= 11 is 6.20. The van der Waals surface area contributed by atoms with Crippen LogP contribution < -0.4 is 5.43 Å². The number of amides is 1. The van der Waals surface area contributed by atoms with Gasteiger partial charge in [-0.15, -0.1) is 10.2 Å². The zero-order valence-electron chi connectivity index (χ0n) is 16.9. The van der Waals surface area contributed by atoms with E-state index in [1.165, 1.54) is 10.9 Å². The summed E-state index contributed by atoms with van der Waals surface area (Å²) in [6.45, 7) is 2.66. The lowest BCUT2D eigenvalue weighted by Crippen LogP contribution is -2.35. The number of para-hydroxylation sites is 1. The monoisotopic (exact) mass is 437 g/mol. The normalized spacial score (nSPS) is 11.0. The van der Waals surface area contributed by atoms with Gasteiger partial charge >= 0.3 is 0 Å². The molecule has 0 radical (unpaired) electrons. The van der Waals surface area contributed by atoms with Gasteiger partial charge in [0.25, 0.3) is 0 Å². The lowest BCUT2D eigenvalue weighted by molar-refractivity contribution is -0.133. The maximum Gasteiger partial charge on any atom is 0.249 e. The molecule has 0 saturated carbocycles. The quantitative estimate of drug-likeness (QED) is 0.439. The summed E-state index contributed by atoms with van der Waals surface area (Å²) < 4.78 is 7.28. The molecule has 8 nitrogen and oxygen atoms in total. The lowest BCUT2D eigenvalue weighted by Gasteiger charge is -2.21. The van der Waals surface area contributed by atoms with Crippen LogP contribution in [0.1, 0.15) is 19.2 Å². The molecule has 0 aliphatic carbocycles. The van der Waals surface area contributed by atoms with E-state index in [0.29, 0.717) is 39.8 Å². The molecule has 0 saturated heterocycles. The number of rotatable bonds is 7. The summed E-state index contributed by atoms with van der Waals surface area (Å²) in [4.78, 5) is 26.7. The van der Waals surface area contributed by atoms with Crippen molar-refractivity contribution in [2.24, 2.45) is 0 Å². The van der Waals surface area contributed by atoms with Crippen LogP contribution >= 0.6 is 11.6 Å². The SMILES string of the molecule is CCCN(Cc1nnc(-c2ccccc2Cl)o1)C(=O)Cn1ncc(=O)c2ccccc21. The summed E-state index contributed by atoms with van der Waals surface area (Å²) in [6.07, 6.45) is 1.99. The highest BCUT2D eigenvalue weighted by atomic mass is 35.5. The number of carbonyl (C=O) groups excluding carboxylic acids is 1. The van der Waals surface area contributed by atoms with E-state index < -0.39 is 0 Å². The van der Waals surface area contributed by atoms with Gasteiger partial charge in [-0.05, 0) is 30.7 Å². The van der Waals surface area contributed by atoms with E-state index in [9.17, 15) is 9.59 Å². The van der Waals surface area contributed by atoms with Gasteiger partial charge in [0.05, 0.1) is 28.8 Å². The third kappa shape index (κ3) is 4.49. The van der Waals surface area contributed by atoms with Crippen molar-refractivity contribution in [1.82, 2.24) is 24.9 Å². The van der Waals surface area contributed by atoms with Crippen LogP contribution in [0.15, 0.2) is 63.9 Å². The van der Waals surface area contributed by atoms with E-state index in [4.69, 9.17) is 16.0 Å². The third-order valence-electron chi connectivity index (χ3n) is 4.79. The van der Waals surface area contributed by atoms with Gasteiger partial charge in [0.2, 0.25) is 23.1 Å². The Morgan fingerprint density at radius 3 is 2.71 bits per heavy atom. The Labute approximate surface area is 183 Å². The molecule has 0 aliphatic rings. The highest BCUT2D eigenvalue weighted by Gasteiger charge is 2.19. The first-order chi connectivity index (χ1) is 15.1. The number of aromatic nitrogens is 4. The van der Waals surface area contributed by atoms with Crippen molar-refractivity contribution >= 4 is 28.4 Å². The summed E-state index contributed by atoms with van der Waals surface area (Å²) in [5, 5.41) is 13.3. The minimum Gasteiger partial charge on any atom is -0.419 e. The Hall–Kier alpha value is -3.52. The molecule has 0 bridgehead atoms. The lowest BCUT2D eigenvalue weighted by atomic mass is 10.2. The largest absolute Gasteiger partial charge is 0.419 e. The fraction of sp³-hybridized carbons (Fsp3) is 0.227. The third-order valence-corrected chi connectivity index (χ3v) is 5.12. The second kappa shape index (κ2) is 9.09. The molecule has 2 aromatic heterocycles. The van der Waals surface area contributed by atoms with E-state index in [1.54, 1.807) is 35.2 Å². The molecule has 9 heteroatoms. The molecular weight excluding hydrogens is 418 g/mol. The van der Waals surface area contributed by atoms with Gasteiger partial charge in [0.15, 0.2) is 0 Å². The summed E-state index contributed by atoms with van der Waals surface area (Å²) in [6, 6.07) is 14.3. The Bertz CT molecular complexity index is 1280. The van der Waals surface area contributed by atoms with Crippen LogP contribution in [0.25, 0.3) is 22.4 Å². The van der Waals surface area contributed by atoms with Gasteiger partial charge in [-0.3, -0.25) is 14.3 Å². The van der Waals surface area contributed by atoms with Crippen molar-refractivity contribution in [2.75, 3.05) is 6.54 Å². The Balaban J connectivity index is 1.55. The van der Waals surface area contributed by atoms with Gasteiger partial charge in [-0.2, -0.15) is 5.10 Å². The summed E-state index contributed by atoms with van der Waals surface area (Å²) in [5.74, 6) is 0.452. The highest BCUT2D eigenvalue weighted by molar-refractivity contribution is 6.33. The van der Waals surface area contributed by atoms with Crippen molar-refractivity contribution < 1.29 is 9.21 Å². The summed E-state index contributed by atoms with van der Waals surface area (Å²) in [7, 11) is 0. The molecule has 2 aromatic carbocycles. The zero-order chi connectivity index (χ0) is 21.8. The number of nitrogens with zero attached hydrogens (tertiary/aromatic N) is 5. The van der Waals surface area contributed by atoms with Crippen LogP contribution in [-0.4, -0.2) is 37.3 Å². The number of benzene rings is 2. The fourth-order valence-electron chi connectivity index (χ4n) is 3.30. The molecule has 1 amide bonds. The number of carbonyl (C=O) groups is 1.